The summed E-state index contributed by atoms with van der Waals surface area (Å²) in [6, 6.07) is 8.60. The van der Waals surface area contributed by atoms with Crippen molar-refractivity contribution < 1.29 is 19.7 Å². The number of nitrogens with zero attached hydrogens (tertiary/aromatic N) is 2. The van der Waals surface area contributed by atoms with Crippen LogP contribution in [0, 0.1) is 3.57 Å². The molecule has 0 radical (unpaired) electrons. The Balaban J connectivity index is 1.81. The van der Waals surface area contributed by atoms with Gasteiger partial charge in [0, 0.05) is 18.2 Å². The number of amides is 1. The first-order valence-corrected chi connectivity index (χ1v) is 8.67. The third-order valence-electron chi connectivity index (χ3n) is 3.87. The molecule has 0 bridgehead atoms. The van der Waals surface area contributed by atoms with Crippen molar-refractivity contribution in [3.05, 3.63) is 56.1 Å². The minimum Gasteiger partial charge on any atom is -0.394 e. The second-order valence-corrected chi connectivity index (χ2v) is 6.72. The number of aliphatic hydroxyl groups is 2. The lowest BCUT2D eigenvalue weighted by Crippen LogP contribution is -2.29. The zero-order valence-corrected chi connectivity index (χ0v) is 15.2. The Morgan fingerprint density at radius 3 is 2.76 bits per heavy atom. The van der Waals surface area contributed by atoms with Crippen molar-refractivity contribution in [1.82, 2.24) is 9.55 Å². The minimum absolute atomic E-state index is 0.160. The number of rotatable bonds is 4. The van der Waals surface area contributed by atoms with E-state index in [0.29, 0.717) is 9.13 Å². The first-order valence-electron chi connectivity index (χ1n) is 7.59. The lowest BCUT2D eigenvalue weighted by atomic mass is 10.2. The first-order chi connectivity index (χ1) is 12.0. The monoisotopic (exact) mass is 457 g/mol. The molecule has 0 aliphatic carbocycles. The maximum Gasteiger partial charge on any atom is 0.351 e. The molecule has 1 fully saturated rings. The lowest BCUT2D eigenvalue weighted by Gasteiger charge is -2.15. The summed E-state index contributed by atoms with van der Waals surface area (Å²) in [4.78, 5) is 28.4. The fourth-order valence-electron chi connectivity index (χ4n) is 2.56. The van der Waals surface area contributed by atoms with Crippen LogP contribution in [0.2, 0.25) is 0 Å². The topological polar surface area (TPSA) is 114 Å². The summed E-state index contributed by atoms with van der Waals surface area (Å²) in [5.41, 5.74) is -0.156. The van der Waals surface area contributed by atoms with Crippen LogP contribution in [0.4, 0.5) is 5.82 Å². The van der Waals surface area contributed by atoms with Crippen molar-refractivity contribution in [1.29, 1.82) is 0 Å². The van der Waals surface area contributed by atoms with Crippen LogP contribution in [0.25, 0.3) is 0 Å². The van der Waals surface area contributed by atoms with Crippen molar-refractivity contribution in [2.24, 2.45) is 0 Å². The average molecular weight is 457 g/mol. The van der Waals surface area contributed by atoms with Crippen molar-refractivity contribution in [3.63, 3.8) is 0 Å². The number of ether oxygens (including phenoxy) is 1. The van der Waals surface area contributed by atoms with E-state index in [2.05, 4.69) is 10.3 Å². The SMILES string of the molecule is O=C(Nc1nc(=O)n([C@H]2C[C@H](O)[C@@H](CO)O2)cc1I)c1ccccc1. The molecule has 8 nitrogen and oxygen atoms in total. The van der Waals surface area contributed by atoms with Crippen LogP contribution in [0.3, 0.4) is 0 Å². The molecule has 1 amide bonds. The van der Waals surface area contributed by atoms with Gasteiger partial charge in [-0.25, -0.2) is 4.79 Å². The van der Waals surface area contributed by atoms with Crippen LogP contribution in [0.15, 0.2) is 41.3 Å². The Morgan fingerprint density at radius 2 is 2.12 bits per heavy atom. The molecule has 0 spiro atoms. The van der Waals surface area contributed by atoms with Crippen molar-refractivity contribution >= 4 is 34.3 Å². The number of anilines is 1. The van der Waals surface area contributed by atoms with E-state index in [1.54, 1.807) is 30.3 Å². The Hall–Kier alpha value is -1.82. The fraction of sp³-hybridized carbons (Fsp3) is 0.312. The normalized spacial score (nSPS) is 22.8. The summed E-state index contributed by atoms with van der Waals surface area (Å²) in [6.45, 7) is -0.331. The summed E-state index contributed by atoms with van der Waals surface area (Å²) >= 11 is 1.96. The third kappa shape index (κ3) is 3.89. The number of benzene rings is 1. The average Bonchev–Trinajstić information content (AvgIpc) is 2.99. The van der Waals surface area contributed by atoms with E-state index in [4.69, 9.17) is 9.84 Å². The lowest BCUT2D eigenvalue weighted by molar-refractivity contribution is -0.0459. The fourth-order valence-corrected chi connectivity index (χ4v) is 3.11. The van der Waals surface area contributed by atoms with E-state index in [1.807, 2.05) is 22.6 Å². The van der Waals surface area contributed by atoms with Gasteiger partial charge in [-0.2, -0.15) is 4.98 Å². The number of carbonyl (C=O) groups is 1. The molecule has 0 unspecified atom stereocenters. The van der Waals surface area contributed by atoms with Gasteiger partial charge < -0.3 is 20.3 Å². The highest BCUT2D eigenvalue weighted by atomic mass is 127. The van der Waals surface area contributed by atoms with E-state index >= 15 is 0 Å². The Labute approximate surface area is 156 Å². The molecule has 1 aliphatic heterocycles. The number of hydrogen-bond acceptors (Lipinski definition) is 6. The molecule has 9 heteroatoms. The van der Waals surface area contributed by atoms with Crippen LogP contribution in [-0.2, 0) is 4.74 Å². The maximum atomic E-state index is 12.3. The zero-order valence-electron chi connectivity index (χ0n) is 13.0. The van der Waals surface area contributed by atoms with Crippen LogP contribution < -0.4 is 11.0 Å². The summed E-state index contributed by atoms with van der Waals surface area (Å²) in [5, 5.41) is 21.6. The molecule has 25 heavy (non-hydrogen) atoms. The van der Waals surface area contributed by atoms with E-state index in [1.165, 1.54) is 10.8 Å². The smallest absolute Gasteiger partial charge is 0.351 e. The molecule has 3 atom stereocenters. The summed E-state index contributed by atoms with van der Waals surface area (Å²) in [5.74, 6) is -0.205. The molecule has 132 valence electrons. The van der Waals surface area contributed by atoms with Gasteiger partial charge in [0.1, 0.15) is 12.3 Å². The highest BCUT2D eigenvalue weighted by Crippen LogP contribution is 2.28. The van der Waals surface area contributed by atoms with Gasteiger partial charge in [0.25, 0.3) is 5.91 Å². The first kappa shape index (κ1) is 18.0. The molecule has 2 aromatic rings. The Bertz CT molecular complexity index is 826. The number of halogens is 1. The zero-order chi connectivity index (χ0) is 18.0. The van der Waals surface area contributed by atoms with Crippen molar-refractivity contribution in [2.45, 2.75) is 24.9 Å². The van der Waals surface area contributed by atoms with Gasteiger partial charge in [0.05, 0.1) is 16.3 Å². The summed E-state index contributed by atoms with van der Waals surface area (Å²) in [7, 11) is 0. The predicted octanol–water partition coefficient (Wildman–Crippen LogP) is 0.741. The van der Waals surface area contributed by atoms with Crippen molar-refractivity contribution in [2.75, 3.05) is 11.9 Å². The molecule has 1 aromatic carbocycles. The van der Waals surface area contributed by atoms with E-state index in [9.17, 15) is 14.7 Å². The largest absolute Gasteiger partial charge is 0.394 e. The van der Waals surface area contributed by atoms with Gasteiger partial charge in [0.2, 0.25) is 0 Å². The van der Waals surface area contributed by atoms with E-state index in [-0.39, 0.29) is 24.8 Å². The van der Waals surface area contributed by atoms with Gasteiger partial charge in [0.15, 0.2) is 5.82 Å². The van der Waals surface area contributed by atoms with E-state index in [0.717, 1.165) is 0 Å². The second kappa shape index (κ2) is 7.60. The van der Waals surface area contributed by atoms with Gasteiger partial charge >= 0.3 is 5.69 Å². The number of aliphatic hydroxyl groups excluding tert-OH is 2. The van der Waals surface area contributed by atoms with Crippen molar-refractivity contribution in [3.8, 4) is 0 Å². The molecule has 2 heterocycles. The Kier molecular flexibility index (Phi) is 5.47. The molecule has 1 saturated heterocycles. The molecule has 1 aromatic heterocycles. The van der Waals surface area contributed by atoms with Crippen LogP contribution in [0.1, 0.15) is 23.0 Å². The van der Waals surface area contributed by atoms with Gasteiger partial charge in [-0.05, 0) is 34.7 Å². The van der Waals surface area contributed by atoms with Crippen LogP contribution >= 0.6 is 22.6 Å². The molecule has 3 rings (SSSR count). The number of hydrogen-bond donors (Lipinski definition) is 3. The van der Waals surface area contributed by atoms with Crippen LogP contribution in [-0.4, -0.2) is 44.5 Å². The number of carbonyl (C=O) groups excluding carboxylic acids is 1. The molecule has 1 aliphatic rings. The summed E-state index contributed by atoms with van der Waals surface area (Å²) in [6.07, 6.45) is -0.602. The highest BCUT2D eigenvalue weighted by molar-refractivity contribution is 14.1. The molecule has 0 saturated carbocycles. The highest BCUT2D eigenvalue weighted by Gasteiger charge is 2.35. The van der Waals surface area contributed by atoms with Crippen LogP contribution in [0.5, 0.6) is 0 Å². The molecule has 3 N–H and O–H groups in total. The molecular formula is C16H16IN3O5. The molecular weight excluding hydrogens is 441 g/mol. The minimum atomic E-state index is -0.850. The third-order valence-corrected chi connectivity index (χ3v) is 4.66. The summed E-state index contributed by atoms with van der Waals surface area (Å²) < 4.78 is 7.26. The van der Waals surface area contributed by atoms with Gasteiger partial charge in [-0.1, -0.05) is 18.2 Å². The second-order valence-electron chi connectivity index (χ2n) is 5.56. The standard InChI is InChI=1S/C16H16IN3O5/c17-10-7-20(13-6-11(22)12(8-21)25-13)16(24)19-14(10)18-15(23)9-4-2-1-3-5-9/h1-5,7,11-13,21-22H,6,8H2,(H,18,19,23,24)/t11-,12+,13+/m0/s1. The Morgan fingerprint density at radius 1 is 1.40 bits per heavy atom. The van der Waals surface area contributed by atoms with E-state index < -0.39 is 24.1 Å². The predicted molar refractivity (Wildman–Crippen MR) is 97.2 cm³/mol. The quantitative estimate of drug-likeness (QED) is 0.584. The maximum absolute atomic E-state index is 12.3. The van der Waals surface area contributed by atoms with Gasteiger partial charge in [-0.3, -0.25) is 9.36 Å². The number of aromatic nitrogens is 2. The van der Waals surface area contributed by atoms with Gasteiger partial charge in [-0.15, -0.1) is 0 Å². The number of nitrogens with one attached hydrogen (secondary N) is 1.